The average Bonchev–Trinajstić information content (AvgIpc) is 2.84. The number of hydrogen-bond donors (Lipinski definition) is 0. The van der Waals surface area contributed by atoms with Crippen molar-refractivity contribution in [2.75, 3.05) is 0 Å². The summed E-state index contributed by atoms with van der Waals surface area (Å²) in [6.07, 6.45) is -2.12. The van der Waals surface area contributed by atoms with Gasteiger partial charge in [-0.15, -0.1) is 0 Å². The number of nitrogens with zero attached hydrogens (tertiary/aromatic N) is 1. The molecule has 0 unspecified atom stereocenters. The summed E-state index contributed by atoms with van der Waals surface area (Å²) in [5.74, 6) is -1.21. The van der Waals surface area contributed by atoms with Crippen molar-refractivity contribution >= 4 is 15.9 Å². The Labute approximate surface area is 139 Å². The zero-order valence-corrected chi connectivity index (χ0v) is 14.0. The van der Waals surface area contributed by atoms with Crippen LogP contribution in [0.2, 0.25) is 0 Å². The van der Waals surface area contributed by atoms with E-state index < -0.39 is 34.1 Å². The van der Waals surface area contributed by atoms with Crippen molar-refractivity contribution in [2.24, 2.45) is 0 Å². The Morgan fingerprint density at radius 1 is 1.12 bits per heavy atom. The summed E-state index contributed by atoms with van der Waals surface area (Å²) in [5, 5.41) is 0. The molecule has 3 rings (SSSR count). The fourth-order valence-electron chi connectivity index (χ4n) is 2.54. The van der Waals surface area contributed by atoms with Gasteiger partial charge in [0.25, 0.3) is 15.9 Å². The Morgan fingerprint density at radius 3 is 2.42 bits per heavy atom. The summed E-state index contributed by atoms with van der Waals surface area (Å²) in [7, 11) is -4.11. The number of hydrogen-bond acceptors (Lipinski definition) is 4. The van der Waals surface area contributed by atoms with E-state index in [9.17, 15) is 17.6 Å². The van der Waals surface area contributed by atoms with Crippen LogP contribution in [0.5, 0.6) is 0 Å². The van der Waals surface area contributed by atoms with E-state index in [-0.39, 0.29) is 10.5 Å². The van der Waals surface area contributed by atoms with Gasteiger partial charge in [0.2, 0.25) is 0 Å². The van der Waals surface area contributed by atoms with Crippen LogP contribution in [0.1, 0.15) is 24.3 Å². The molecule has 0 N–H and O–H groups in total. The SMILES string of the molecule is Cc1ccc(S(=O)(=O)N2C(=O)[C@@H](C)O[C@@H]2c2cccc(F)c2)cc1. The molecule has 0 bridgehead atoms. The summed E-state index contributed by atoms with van der Waals surface area (Å²) < 4.78 is 45.5. The lowest BCUT2D eigenvalue weighted by molar-refractivity contribution is -0.126. The Hall–Kier alpha value is -2.25. The zero-order valence-electron chi connectivity index (χ0n) is 13.1. The lowest BCUT2D eigenvalue weighted by Gasteiger charge is -2.23. The van der Waals surface area contributed by atoms with Crippen molar-refractivity contribution < 1.29 is 22.3 Å². The maximum absolute atomic E-state index is 13.5. The van der Waals surface area contributed by atoms with Gasteiger partial charge in [0.05, 0.1) is 4.90 Å². The second-order valence-corrected chi connectivity index (χ2v) is 7.45. The number of ether oxygens (including phenoxy) is 1. The average molecular weight is 349 g/mol. The standard InChI is InChI=1S/C17H16FNO4S/c1-11-6-8-15(9-7-11)24(21,22)19-16(20)12(2)23-17(19)13-4-3-5-14(18)10-13/h3-10,12,17H,1-2H3/t12-,17-/m1/s1. The third-order valence-corrected chi connectivity index (χ3v) is 5.58. The van der Waals surface area contributed by atoms with Crippen LogP contribution in [0.3, 0.4) is 0 Å². The van der Waals surface area contributed by atoms with Crippen LogP contribution < -0.4 is 0 Å². The van der Waals surface area contributed by atoms with Gasteiger partial charge in [-0.05, 0) is 38.1 Å². The highest BCUT2D eigenvalue weighted by Gasteiger charge is 2.46. The van der Waals surface area contributed by atoms with Crippen LogP contribution in [-0.4, -0.2) is 24.7 Å². The minimum Gasteiger partial charge on any atom is -0.340 e. The molecule has 1 heterocycles. The summed E-state index contributed by atoms with van der Waals surface area (Å²) in [5.41, 5.74) is 1.16. The number of sulfonamides is 1. The lowest BCUT2D eigenvalue weighted by Crippen LogP contribution is -2.36. The van der Waals surface area contributed by atoms with E-state index in [0.717, 1.165) is 11.6 Å². The van der Waals surface area contributed by atoms with Crippen LogP contribution >= 0.6 is 0 Å². The van der Waals surface area contributed by atoms with Crippen LogP contribution in [0.4, 0.5) is 4.39 Å². The fraction of sp³-hybridized carbons (Fsp3) is 0.235. The second kappa shape index (κ2) is 5.99. The number of carbonyl (C=O) groups is 1. The quantitative estimate of drug-likeness (QED) is 0.855. The van der Waals surface area contributed by atoms with Gasteiger partial charge >= 0.3 is 0 Å². The Bertz CT molecular complexity index is 880. The van der Waals surface area contributed by atoms with E-state index in [4.69, 9.17) is 4.74 Å². The van der Waals surface area contributed by atoms with E-state index in [1.807, 2.05) is 6.92 Å². The third-order valence-electron chi connectivity index (χ3n) is 3.82. The molecule has 126 valence electrons. The van der Waals surface area contributed by atoms with Gasteiger partial charge in [0.15, 0.2) is 6.23 Å². The van der Waals surface area contributed by atoms with Crippen molar-refractivity contribution in [3.8, 4) is 0 Å². The lowest BCUT2D eigenvalue weighted by atomic mass is 10.2. The van der Waals surface area contributed by atoms with Crippen LogP contribution in [0.25, 0.3) is 0 Å². The van der Waals surface area contributed by atoms with E-state index in [1.54, 1.807) is 12.1 Å². The Kier molecular flexibility index (Phi) is 4.15. The Morgan fingerprint density at radius 2 is 1.79 bits per heavy atom. The van der Waals surface area contributed by atoms with Crippen molar-refractivity contribution in [2.45, 2.75) is 31.1 Å². The van der Waals surface area contributed by atoms with Gasteiger partial charge in [-0.2, -0.15) is 0 Å². The van der Waals surface area contributed by atoms with E-state index in [0.29, 0.717) is 4.31 Å². The van der Waals surface area contributed by atoms with Gasteiger partial charge in [0, 0.05) is 5.56 Å². The maximum atomic E-state index is 13.5. The predicted octanol–water partition coefficient (Wildman–Crippen LogP) is 2.77. The van der Waals surface area contributed by atoms with Crippen molar-refractivity contribution in [3.05, 3.63) is 65.5 Å². The first-order valence-electron chi connectivity index (χ1n) is 7.36. The molecular weight excluding hydrogens is 333 g/mol. The highest BCUT2D eigenvalue weighted by atomic mass is 32.2. The molecule has 0 saturated carbocycles. The van der Waals surface area contributed by atoms with Crippen molar-refractivity contribution in [1.29, 1.82) is 0 Å². The molecule has 1 aliphatic heterocycles. The van der Waals surface area contributed by atoms with Crippen molar-refractivity contribution in [1.82, 2.24) is 4.31 Å². The summed E-state index contributed by atoms with van der Waals surface area (Å²) in [6.45, 7) is 3.30. The van der Waals surface area contributed by atoms with E-state index >= 15 is 0 Å². The molecule has 1 fully saturated rings. The predicted molar refractivity (Wildman–Crippen MR) is 84.9 cm³/mol. The smallest absolute Gasteiger partial charge is 0.269 e. The maximum Gasteiger partial charge on any atom is 0.269 e. The molecule has 0 radical (unpaired) electrons. The summed E-state index contributed by atoms with van der Waals surface area (Å²) in [4.78, 5) is 12.4. The van der Waals surface area contributed by atoms with Crippen molar-refractivity contribution in [3.63, 3.8) is 0 Å². The zero-order chi connectivity index (χ0) is 17.5. The first kappa shape index (κ1) is 16.6. The molecule has 7 heteroatoms. The van der Waals surface area contributed by atoms with E-state index in [2.05, 4.69) is 0 Å². The molecule has 1 aliphatic rings. The van der Waals surface area contributed by atoms with Gasteiger partial charge in [-0.25, -0.2) is 17.1 Å². The largest absolute Gasteiger partial charge is 0.340 e. The number of aryl methyl sites for hydroxylation is 1. The van der Waals surface area contributed by atoms with Crippen LogP contribution in [0, 0.1) is 12.7 Å². The number of amides is 1. The number of halogens is 1. The molecule has 2 atom stereocenters. The number of rotatable bonds is 3. The van der Waals surface area contributed by atoms with Crippen LogP contribution in [-0.2, 0) is 19.6 Å². The number of carbonyl (C=O) groups excluding carboxylic acids is 1. The molecule has 2 aromatic rings. The minimum absolute atomic E-state index is 0.0134. The normalized spacial score (nSPS) is 21.3. The summed E-state index contributed by atoms with van der Waals surface area (Å²) in [6, 6.07) is 11.5. The minimum atomic E-state index is -4.11. The molecule has 2 aromatic carbocycles. The highest BCUT2D eigenvalue weighted by Crippen LogP contribution is 2.36. The Balaban J connectivity index is 2.08. The molecule has 0 spiro atoms. The molecule has 1 saturated heterocycles. The molecule has 1 amide bonds. The second-order valence-electron chi connectivity index (χ2n) is 5.64. The van der Waals surface area contributed by atoms with Gasteiger partial charge in [-0.1, -0.05) is 29.8 Å². The molecule has 24 heavy (non-hydrogen) atoms. The molecule has 0 aliphatic carbocycles. The molecular formula is C17H16FNO4S. The molecule has 0 aromatic heterocycles. The van der Waals surface area contributed by atoms with Gasteiger partial charge in [-0.3, -0.25) is 4.79 Å². The van der Waals surface area contributed by atoms with Crippen LogP contribution in [0.15, 0.2) is 53.4 Å². The number of benzene rings is 2. The van der Waals surface area contributed by atoms with Gasteiger partial charge < -0.3 is 4.74 Å². The van der Waals surface area contributed by atoms with E-state index in [1.165, 1.54) is 37.3 Å². The monoisotopic (exact) mass is 349 g/mol. The highest BCUT2D eigenvalue weighted by molar-refractivity contribution is 7.89. The third kappa shape index (κ3) is 2.81. The van der Waals surface area contributed by atoms with Gasteiger partial charge in [0.1, 0.15) is 11.9 Å². The summed E-state index contributed by atoms with van der Waals surface area (Å²) >= 11 is 0. The molecule has 5 nitrogen and oxygen atoms in total. The fourth-order valence-corrected chi connectivity index (χ4v) is 4.06. The topological polar surface area (TPSA) is 63.7 Å². The first-order valence-corrected chi connectivity index (χ1v) is 8.80. The first-order chi connectivity index (χ1) is 11.3.